The molecule has 0 bridgehead atoms. The summed E-state index contributed by atoms with van der Waals surface area (Å²) in [5, 5.41) is 18.7. The first-order valence-corrected chi connectivity index (χ1v) is 9.30. The van der Waals surface area contributed by atoms with E-state index in [1.807, 2.05) is 67.7 Å². The molecule has 0 aliphatic rings. The van der Waals surface area contributed by atoms with Gasteiger partial charge in [0.2, 0.25) is 0 Å². The first kappa shape index (κ1) is 20.9. The molecule has 0 saturated heterocycles. The minimum atomic E-state index is -1.18. The van der Waals surface area contributed by atoms with Gasteiger partial charge in [0.1, 0.15) is 0 Å². The number of benzene rings is 2. The van der Waals surface area contributed by atoms with E-state index in [0.717, 1.165) is 34.4 Å². The average Bonchev–Trinajstić information content (AvgIpc) is 2.99. The van der Waals surface area contributed by atoms with Crippen LogP contribution in [0, 0.1) is 13.8 Å². The maximum Gasteiger partial charge on any atom is 0.335 e. The smallest absolute Gasteiger partial charge is 0.335 e. The van der Waals surface area contributed by atoms with E-state index in [1.165, 1.54) is 12.1 Å². The fourth-order valence-corrected chi connectivity index (χ4v) is 3.28. The van der Waals surface area contributed by atoms with Crippen LogP contribution in [0.4, 0.5) is 11.4 Å². The Balaban J connectivity index is 2.00. The van der Waals surface area contributed by atoms with Crippen molar-refractivity contribution in [1.82, 2.24) is 4.57 Å². The number of hydrogen-bond donors (Lipinski definition) is 2. The van der Waals surface area contributed by atoms with Crippen molar-refractivity contribution in [3.63, 3.8) is 0 Å². The lowest BCUT2D eigenvalue weighted by Gasteiger charge is -2.12. The van der Waals surface area contributed by atoms with Gasteiger partial charge in [-0.15, -0.1) is 0 Å². The van der Waals surface area contributed by atoms with Crippen molar-refractivity contribution in [2.45, 2.75) is 13.8 Å². The van der Waals surface area contributed by atoms with Crippen LogP contribution in [0.15, 0.2) is 53.5 Å². The van der Waals surface area contributed by atoms with E-state index in [9.17, 15) is 19.8 Å². The summed E-state index contributed by atoms with van der Waals surface area (Å²) in [6.45, 7) is 3.77. The summed E-state index contributed by atoms with van der Waals surface area (Å²) in [6.07, 6.45) is 1.75. The third kappa shape index (κ3) is 4.25. The number of carboxylic acids is 2. The molecule has 1 aromatic heterocycles. The molecule has 30 heavy (non-hydrogen) atoms. The zero-order valence-electron chi connectivity index (χ0n) is 17.2. The molecule has 0 spiro atoms. The molecule has 0 radical (unpaired) electrons. The zero-order valence-corrected chi connectivity index (χ0v) is 17.2. The van der Waals surface area contributed by atoms with E-state index in [-0.39, 0.29) is 11.1 Å². The molecule has 3 aromatic rings. The first-order chi connectivity index (χ1) is 14.2. The van der Waals surface area contributed by atoms with Crippen LogP contribution >= 0.6 is 0 Å². The SMILES string of the molecule is Cc1cc(C=Nc2ccc(N(C)C)cc2)c(C)n1-c1cc(C(=O)O)cc(C(=O)O)c1. The molecular weight excluding hydrogens is 382 g/mol. The lowest BCUT2D eigenvalue weighted by Crippen LogP contribution is -2.07. The Morgan fingerprint density at radius 3 is 2.00 bits per heavy atom. The van der Waals surface area contributed by atoms with Gasteiger partial charge in [-0.25, -0.2) is 9.59 Å². The lowest BCUT2D eigenvalue weighted by molar-refractivity contribution is 0.0696. The highest BCUT2D eigenvalue weighted by Crippen LogP contribution is 2.24. The number of aromatic carboxylic acids is 2. The topological polar surface area (TPSA) is 95.1 Å². The minimum Gasteiger partial charge on any atom is -0.478 e. The summed E-state index contributed by atoms with van der Waals surface area (Å²) >= 11 is 0. The Kier molecular flexibility index (Phi) is 5.73. The first-order valence-electron chi connectivity index (χ1n) is 9.30. The van der Waals surface area contributed by atoms with Crippen molar-refractivity contribution in [1.29, 1.82) is 0 Å². The highest BCUT2D eigenvalue weighted by molar-refractivity contribution is 5.95. The molecule has 1 heterocycles. The maximum atomic E-state index is 11.4. The molecule has 3 rings (SSSR count). The van der Waals surface area contributed by atoms with E-state index in [2.05, 4.69) is 4.99 Å². The molecule has 2 aromatic carbocycles. The maximum absolute atomic E-state index is 11.4. The van der Waals surface area contributed by atoms with E-state index in [1.54, 1.807) is 6.21 Å². The number of carbonyl (C=O) groups is 2. The van der Waals surface area contributed by atoms with Gasteiger partial charge < -0.3 is 19.7 Å². The second-order valence-electron chi connectivity index (χ2n) is 7.21. The fraction of sp³-hybridized carbons (Fsp3) is 0.174. The molecule has 7 nitrogen and oxygen atoms in total. The number of aromatic nitrogens is 1. The number of anilines is 1. The molecule has 0 aliphatic carbocycles. The van der Waals surface area contributed by atoms with E-state index >= 15 is 0 Å². The van der Waals surface area contributed by atoms with Gasteiger partial charge in [0.05, 0.1) is 16.8 Å². The third-order valence-electron chi connectivity index (χ3n) is 4.86. The predicted octanol–water partition coefficient (Wildman–Crippen LogP) is 4.31. The molecule has 0 aliphatic heterocycles. The Morgan fingerprint density at radius 2 is 1.50 bits per heavy atom. The molecule has 0 amide bonds. The highest BCUT2D eigenvalue weighted by Gasteiger charge is 2.15. The number of hydrogen-bond acceptors (Lipinski definition) is 4. The van der Waals surface area contributed by atoms with Crippen LogP contribution in [0.5, 0.6) is 0 Å². The number of aryl methyl sites for hydroxylation is 1. The van der Waals surface area contributed by atoms with Gasteiger partial charge in [0.25, 0.3) is 0 Å². The van der Waals surface area contributed by atoms with Gasteiger partial charge >= 0.3 is 11.9 Å². The van der Waals surface area contributed by atoms with Crippen molar-refractivity contribution < 1.29 is 19.8 Å². The van der Waals surface area contributed by atoms with Gasteiger partial charge in [-0.05, 0) is 62.4 Å². The molecule has 154 valence electrons. The average molecular weight is 405 g/mol. The van der Waals surface area contributed by atoms with Crippen molar-refractivity contribution in [2.24, 2.45) is 4.99 Å². The van der Waals surface area contributed by atoms with Crippen LogP contribution in [-0.2, 0) is 0 Å². The number of rotatable bonds is 6. The third-order valence-corrected chi connectivity index (χ3v) is 4.86. The van der Waals surface area contributed by atoms with Crippen molar-refractivity contribution in [3.8, 4) is 5.69 Å². The molecule has 0 fully saturated rings. The minimum absolute atomic E-state index is 0.0754. The molecule has 0 saturated carbocycles. The lowest BCUT2D eigenvalue weighted by atomic mass is 10.1. The van der Waals surface area contributed by atoms with Crippen LogP contribution in [0.2, 0.25) is 0 Å². The van der Waals surface area contributed by atoms with Gasteiger partial charge in [-0.2, -0.15) is 0 Å². The quantitative estimate of drug-likeness (QED) is 0.596. The van der Waals surface area contributed by atoms with Gasteiger partial charge in [-0.3, -0.25) is 4.99 Å². The molecular formula is C23H23N3O4. The number of aliphatic imine (C=N–C) groups is 1. The van der Waals surface area contributed by atoms with E-state index in [0.29, 0.717) is 5.69 Å². The summed E-state index contributed by atoms with van der Waals surface area (Å²) in [6, 6.07) is 13.9. The largest absolute Gasteiger partial charge is 0.478 e. The summed E-state index contributed by atoms with van der Waals surface area (Å²) in [4.78, 5) is 29.4. The zero-order chi connectivity index (χ0) is 22.0. The number of carboxylic acid groups (broad SMARTS) is 2. The van der Waals surface area contributed by atoms with E-state index < -0.39 is 11.9 Å². The summed E-state index contributed by atoms with van der Waals surface area (Å²) in [5.74, 6) is -2.35. The summed E-state index contributed by atoms with van der Waals surface area (Å²) < 4.78 is 1.83. The Labute approximate surface area is 174 Å². The van der Waals surface area contributed by atoms with Crippen LogP contribution in [0.1, 0.15) is 37.7 Å². The molecule has 7 heteroatoms. The van der Waals surface area contributed by atoms with Gasteiger partial charge in [-0.1, -0.05) is 0 Å². The normalized spacial score (nSPS) is 11.1. The van der Waals surface area contributed by atoms with Crippen LogP contribution in [0.25, 0.3) is 5.69 Å². The van der Waals surface area contributed by atoms with E-state index in [4.69, 9.17) is 0 Å². The van der Waals surface area contributed by atoms with Gasteiger partial charge in [0, 0.05) is 48.6 Å². The molecule has 2 N–H and O–H groups in total. The standard InChI is InChI=1S/C23H23N3O4/c1-14-9-18(13-24-19-5-7-20(8-6-19)25(3)4)15(2)26(14)21-11-16(22(27)28)10-17(12-21)23(29)30/h5-13H,1-4H3,(H,27,28)(H,29,30). The van der Waals surface area contributed by atoms with Crippen LogP contribution in [-0.4, -0.2) is 47.0 Å². The predicted molar refractivity (Wildman–Crippen MR) is 117 cm³/mol. The van der Waals surface area contributed by atoms with Crippen LogP contribution < -0.4 is 4.90 Å². The van der Waals surface area contributed by atoms with Crippen molar-refractivity contribution in [3.05, 3.63) is 76.6 Å². The monoisotopic (exact) mass is 405 g/mol. The molecule has 0 atom stereocenters. The van der Waals surface area contributed by atoms with Crippen molar-refractivity contribution in [2.75, 3.05) is 19.0 Å². The van der Waals surface area contributed by atoms with Crippen LogP contribution in [0.3, 0.4) is 0 Å². The second-order valence-corrected chi connectivity index (χ2v) is 7.21. The fourth-order valence-electron chi connectivity index (χ4n) is 3.28. The van der Waals surface area contributed by atoms with Crippen molar-refractivity contribution >= 4 is 29.5 Å². The Bertz CT molecular complexity index is 1110. The Hall–Kier alpha value is -3.87. The second kappa shape index (κ2) is 8.24. The number of nitrogens with zero attached hydrogens (tertiary/aromatic N) is 3. The highest BCUT2D eigenvalue weighted by atomic mass is 16.4. The van der Waals surface area contributed by atoms with Gasteiger partial charge in [0.15, 0.2) is 0 Å². The summed E-state index contributed by atoms with van der Waals surface area (Å²) in [7, 11) is 3.95. The molecule has 0 unspecified atom stereocenters. The summed E-state index contributed by atoms with van der Waals surface area (Å²) in [5.41, 5.74) is 4.77. The Morgan fingerprint density at radius 1 is 0.933 bits per heavy atom.